The van der Waals surface area contributed by atoms with Gasteiger partial charge in [-0.25, -0.2) is 0 Å². The minimum Gasteiger partial charge on any atom is -0.269 e. The molecule has 5 heteroatoms. The van der Waals surface area contributed by atoms with Gasteiger partial charge in [0, 0.05) is 6.42 Å². The molecular formula is C7H15N2O3+. The molecule has 0 saturated carbocycles. The summed E-state index contributed by atoms with van der Waals surface area (Å²) >= 11 is 0. The van der Waals surface area contributed by atoms with E-state index < -0.39 is 0 Å². The first-order chi connectivity index (χ1) is 5.64. The molecule has 0 N–H and O–H groups in total. The van der Waals surface area contributed by atoms with E-state index in [1.165, 1.54) is 14.2 Å². The lowest BCUT2D eigenvalue weighted by Crippen LogP contribution is -2.56. The molecule has 0 radical (unpaired) electrons. The van der Waals surface area contributed by atoms with Gasteiger partial charge in [-0.15, -0.1) is 14.7 Å². The highest BCUT2D eigenvalue weighted by Crippen LogP contribution is 2.18. The molecule has 0 bridgehead atoms. The first-order valence-electron chi connectivity index (χ1n) is 3.93. The number of hydrogen-bond acceptors (Lipinski definition) is 3. The highest BCUT2D eigenvalue weighted by atomic mass is 17.0. The summed E-state index contributed by atoms with van der Waals surface area (Å²) < 4.78 is 0. The number of carbonyl (C=O) groups excluding carboxylic acids is 1. The Hall–Kier alpha value is -0.650. The quantitative estimate of drug-likeness (QED) is 0.451. The number of carbonyl (C=O) groups is 1. The molecule has 1 saturated heterocycles. The number of amides is 1. The van der Waals surface area contributed by atoms with Gasteiger partial charge in [0.25, 0.3) is 5.91 Å². The van der Waals surface area contributed by atoms with Crippen LogP contribution in [0.4, 0.5) is 0 Å². The Kier molecular flexibility index (Phi) is 2.66. The lowest BCUT2D eigenvalue weighted by atomic mass is 10.4. The summed E-state index contributed by atoms with van der Waals surface area (Å²) in [6.45, 7) is 0.691. The van der Waals surface area contributed by atoms with Crippen LogP contribution in [0, 0.1) is 0 Å². The molecule has 1 fully saturated rings. The maximum absolute atomic E-state index is 11.3. The van der Waals surface area contributed by atoms with Crippen LogP contribution in [0.5, 0.6) is 0 Å². The lowest BCUT2D eigenvalue weighted by Gasteiger charge is -2.31. The minimum atomic E-state index is -0.223. The largest absolute Gasteiger partial charge is 0.273 e. The zero-order valence-electron chi connectivity index (χ0n) is 7.74. The van der Waals surface area contributed by atoms with Gasteiger partial charge in [0.1, 0.15) is 14.2 Å². The van der Waals surface area contributed by atoms with Crippen molar-refractivity contribution in [2.45, 2.75) is 12.8 Å². The van der Waals surface area contributed by atoms with Crippen molar-refractivity contribution in [3.8, 4) is 0 Å². The fourth-order valence-electron chi connectivity index (χ4n) is 1.29. The fraction of sp³-hybridized carbons (Fsp3) is 0.857. The molecule has 5 nitrogen and oxygen atoms in total. The van der Waals surface area contributed by atoms with Crippen molar-refractivity contribution in [1.82, 2.24) is 5.01 Å². The summed E-state index contributed by atoms with van der Waals surface area (Å²) in [5.74, 6) is 0.0706. The Labute approximate surface area is 71.9 Å². The topological polar surface area (TPSA) is 38.8 Å². The first-order valence-corrected chi connectivity index (χ1v) is 3.93. The average Bonchev–Trinajstić information content (AvgIpc) is 2.51. The van der Waals surface area contributed by atoms with E-state index in [0.29, 0.717) is 13.0 Å². The monoisotopic (exact) mass is 175 g/mol. The molecule has 70 valence electrons. The van der Waals surface area contributed by atoms with Crippen LogP contribution in [0.25, 0.3) is 0 Å². The Balaban J connectivity index is 2.71. The normalized spacial score (nSPS) is 18.9. The molecule has 1 aliphatic rings. The van der Waals surface area contributed by atoms with Crippen LogP contribution in [0.15, 0.2) is 0 Å². The Morgan fingerprint density at radius 1 is 1.42 bits per heavy atom. The first kappa shape index (κ1) is 9.44. The smallest absolute Gasteiger partial charge is 0.269 e. The molecule has 0 aromatic heterocycles. The Bertz CT molecular complexity index is 179. The van der Waals surface area contributed by atoms with Crippen molar-refractivity contribution in [3.63, 3.8) is 0 Å². The van der Waals surface area contributed by atoms with Gasteiger partial charge in [0.15, 0.2) is 7.05 Å². The Morgan fingerprint density at radius 3 is 2.33 bits per heavy atom. The second-order valence-corrected chi connectivity index (χ2v) is 2.79. The zero-order valence-corrected chi connectivity index (χ0v) is 7.74. The molecule has 0 aromatic rings. The molecule has 0 aromatic carbocycles. The minimum absolute atomic E-state index is 0.0706. The van der Waals surface area contributed by atoms with E-state index in [1.54, 1.807) is 12.1 Å². The average molecular weight is 175 g/mol. The van der Waals surface area contributed by atoms with E-state index in [4.69, 9.17) is 9.68 Å². The third-order valence-electron chi connectivity index (χ3n) is 2.16. The van der Waals surface area contributed by atoms with Gasteiger partial charge in [-0.05, 0) is 6.42 Å². The van der Waals surface area contributed by atoms with Crippen LogP contribution < -0.4 is 0 Å². The third kappa shape index (κ3) is 1.43. The van der Waals surface area contributed by atoms with E-state index in [1.807, 2.05) is 0 Å². The van der Waals surface area contributed by atoms with Crippen LogP contribution in [-0.2, 0) is 14.5 Å². The molecule has 1 amide bonds. The van der Waals surface area contributed by atoms with Crippen molar-refractivity contribution >= 4 is 5.91 Å². The summed E-state index contributed by atoms with van der Waals surface area (Å²) in [5.41, 5.74) is 0. The van der Waals surface area contributed by atoms with E-state index in [0.717, 1.165) is 6.42 Å². The van der Waals surface area contributed by atoms with Gasteiger partial charge < -0.3 is 0 Å². The summed E-state index contributed by atoms with van der Waals surface area (Å²) in [4.78, 5) is 21.2. The summed E-state index contributed by atoms with van der Waals surface area (Å²) in [5, 5.41) is 1.56. The molecule has 0 atom stereocenters. The Morgan fingerprint density at radius 2 is 2.00 bits per heavy atom. The molecule has 0 aliphatic carbocycles. The number of hydroxylamine groups is 2. The van der Waals surface area contributed by atoms with E-state index in [9.17, 15) is 4.79 Å². The standard InChI is InChI=1S/C7H15N2O3/c1-9(11-2,12-3)8-6-4-5-7(8)10/h4-6H2,1-3H3/q+1. The lowest BCUT2D eigenvalue weighted by molar-refractivity contribution is -1.29. The van der Waals surface area contributed by atoms with E-state index in [-0.39, 0.29) is 10.8 Å². The molecule has 1 aliphatic heterocycles. The summed E-state index contributed by atoms with van der Waals surface area (Å²) in [6.07, 6.45) is 1.46. The zero-order chi connectivity index (χ0) is 9.19. The van der Waals surface area contributed by atoms with Crippen molar-refractivity contribution in [2.24, 2.45) is 0 Å². The fourth-order valence-corrected chi connectivity index (χ4v) is 1.29. The molecular weight excluding hydrogens is 160 g/mol. The van der Waals surface area contributed by atoms with Crippen molar-refractivity contribution < 1.29 is 19.4 Å². The van der Waals surface area contributed by atoms with Crippen LogP contribution in [0.2, 0.25) is 0 Å². The van der Waals surface area contributed by atoms with Crippen molar-refractivity contribution in [3.05, 3.63) is 0 Å². The van der Waals surface area contributed by atoms with Crippen LogP contribution in [0.1, 0.15) is 12.8 Å². The maximum atomic E-state index is 11.3. The summed E-state index contributed by atoms with van der Waals surface area (Å²) in [7, 11) is 4.70. The predicted molar refractivity (Wildman–Crippen MR) is 41.1 cm³/mol. The van der Waals surface area contributed by atoms with Crippen LogP contribution in [-0.4, -0.2) is 43.6 Å². The van der Waals surface area contributed by atoms with Gasteiger partial charge in [0.2, 0.25) is 0 Å². The molecule has 12 heavy (non-hydrogen) atoms. The van der Waals surface area contributed by atoms with Gasteiger partial charge in [0.05, 0.1) is 11.5 Å². The molecule has 1 heterocycles. The van der Waals surface area contributed by atoms with Gasteiger partial charge in [-0.2, -0.15) is 0 Å². The van der Waals surface area contributed by atoms with Gasteiger partial charge in [-0.3, -0.25) is 4.79 Å². The van der Waals surface area contributed by atoms with Crippen LogP contribution in [0.3, 0.4) is 0 Å². The van der Waals surface area contributed by atoms with E-state index >= 15 is 0 Å². The van der Waals surface area contributed by atoms with Gasteiger partial charge in [-0.1, -0.05) is 0 Å². The number of rotatable bonds is 3. The number of quaternary nitrogens is 1. The van der Waals surface area contributed by atoms with E-state index in [2.05, 4.69) is 0 Å². The molecule has 0 spiro atoms. The summed E-state index contributed by atoms with van der Waals surface area (Å²) in [6, 6.07) is 0. The van der Waals surface area contributed by atoms with Crippen LogP contribution >= 0.6 is 0 Å². The van der Waals surface area contributed by atoms with Gasteiger partial charge >= 0.3 is 0 Å². The molecule has 1 rings (SSSR count). The van der Waals surface area contributed by atoms with Crippen molar-refractivity contribution in [2.75, 3.05) is 27.8 Å². The highest BCUT2D eigenvalue weighted by Gasteiger charge is 2.40. The van der Waals surface area contributed by atoms with Crippen molar-refractivity contribution in [1.29, 1.82) is 0 Å². The number of hydrogen-bond donors (Lipinski definition) is 0. The predicted octanol–water partition coefficient (Wildman–Crippen LogP) is 0.0932. The maximum Gasteiger partial charge on any atom is 0.273 e. The molecule has 0 unspecified atom stereocenters. The second kappa shape index (κ2) is 3.38. The second-order valence-electron chi connectivity index (χ2n) is 2.79. The highest BCUT2D eigenvalue weighted by molar-refractivity contribution is 5.76. The SMILES string of the molecule is CO[N+](C)(OC)N1CCCC1=O. The number of nitrogens with zero attached hydrogens (tertiary/aromatic N) is 2. The third-order valence-corrected chi connectivity index (χ3v) is 2.16.